The molecule has 1 aromatic carbocycles. The minimum Gasteiger partial charge on any atom is -0.480 e. The van der Waals surface area contributed by atoms with Crippen LogP contribution >= 0.6 is 0 Å². The third kappa shape index (κ3) is 4.37. The average Bonchev–Trinajstić information content (AvgIpc) is 2.43. The second kappa shape index (κ2) is 6.82. The van der Waals surface area contributed by atoms with Crippen molar-refractivity contribution in [1.29, 1.82) is 0 Å². The van der Waals surface area contributed by atoms with Crippen LogP contribution in [0.25, 0.3) is 0 Å². The molecule has 1 atom stereocenters. The molecule has 1 aromatic rings. The molecule has 0 aliphatic carbocycles. The summed E-state index contributed by atoms with van der Waals surface area (Å²) in [5.41, 5.74) is 0.289. The highest BCUT2D eigenvalue weighted by atomic mass is 32.2. The number of sulfonamides is 1. The van der Waals surface area contributed by atoms with Crippen molar-refractivity contribution in [2.45, 2.75) is 38.1 Å². The summed E-state index contributed by atoms with van der Waals surface area (Å²) in [4.78, 5) is 22.6. The summed E-state index contributed by atoms with van der Waals surface area (Å²) in [6.45, 7) is 4.90. The van der Waals surface area contributed by atoms with Crippen LogP contribution in [0, 0.1) is 5.92 Å². The van der Waals surface area contributed by atoms with Gasteiger partial charge in [-0.1, -0.05) is 32.9 Å². The first-order valence-corrected chi connectivity index (χ1v) is 8.05. The van der Waals surface area contributed by atoms with E-state index in [0.717, 1.165) is 0 Å². The van der Waals surface area contributed by atoms with Crippen LogP contribution in [0.2, 0.25) is 0 Å². The second-order valence-electron chi connectivity index (χ2n) is 4.99. The molecule has 0 saturated carbocycles. The first-order chi connectivity index (χ1) is 9.69. The van der Waals surface area contributed by atoms with Crippen molar-refractivity contribution in [2.24, 2.45) is 5.92 Å². The topological polar surface area (TPSA) is 101 Å². The van der Waals surface area contributed by atoms with Gasteiger partial charge in [0.05, 0.1) is 4.90 Å². The highest BCUT2D eigenvalue weighted by Gasteiger charge is 2.28. The number of carboxylic acid groups (broad SMARTS) is 1. The van der Waals surface area contributed by atoms with Crippen LogP contribution in [-0.4, -0.2) is 31.3 Å². The van der Waals surface area contributed by atoms with E-state index in [-0.39, 0.29) is 22.7 Å². The molecule has 1 rings (SSSR count). The first-order valence-electron chi connectivity index (χ1n) is 6.57. The van der Waals surface area contributed by atoms with Crippen molar-refractivity contribution in [3.8, 4) is 0 Å². The standard InChI is InChI=1S/C14H19NO5S/c1-4-12(16)10-6-5-7-11(8-10)21(19,20)15-13(9(2)3)14(17)18/h5-9,13,15H,4H2,1-3H3,(H,17,18). The van der Waals surface area contributed by atoms with Crippen molar-refractivity contribution in [1.82, 2.24) is 4.72 Å². The highest BCUT2D eigenvalue weighted by Crippen LogP contribution is 2.15. The number of hydrogen-bond donors (Lipinski definition) is 2. The molecule has 1 unspecified atom stereocenters. The van der Waals surface area contributed by atoms with Gasteiger partial charge in [0.1, 0.15) is 6.04 Å². The minimum atomic E-state index is -4.00. The van der Waals surface area contributed by atoms with Crippen molar-refractivity contribution < 1.29 is 23.1 Å². The third-order valence-corrected chi connectivity index (χ3v) is 4.44. The van der Waals surface area contributed by atoms with Gasteiger partial charge in [0.25, 0.3) is 0 Å². The number of Topliss-reactive ketones (excluding diaryl/α,β-unsaturated/α-hetero) is 1. The van der Waals surface area contributed by atoms with E-state index in [9.17, 15) is 18.0 Å². The van der Waals surface area contributed by atoms with E-state index in [4.69, 9.17) is 5.11 Å². The van der Waals surface area contributed by atoms with Gasteiger partial charge in [0.2, 0.25) is 10.0 Å². The molecular formula is C14H19NO5S. The van der Waals surface area contributed by atoms with Gasteiger partial charge in [0.15, 0.2) is 5.78 Å². The van der Waals surface area contributed by atoms with E-state index < -0.39 is 28.0 Å². The molecule has 0 bridgehead atoms. The Hall–Kier alpha value is -1.73. The lowest BCUT2D eigenvalue weighted by molar-refractivity contribution is -0.140. The van der Waals surface area contributed by atoms with Gasteiger partial charge in [-0.25, -0.2) is 8.42 Å². The number of ketones is 1. The predicted octanol–water partition coefficient (Wildman–Crippen LogP) is 1.67. The quantitative estimate of drug-likeness (QED) is 0.746. The number of benzene rings is 1. The molecule has 0 radical (unpaired) electrons. The third-order valence-electron chi connectivity index (χ3n) is 3.00. The molecular weight excluding hydrogens is 294 g/mol. The van der Waals surface area contributed by atoms with Gasteiger partial charge >= 0.3 is 5.97 Å². The Bertz CT molecular complexity index is 637. The number of carboxylic acids is 1. The zero-order valence-electron chi connectivity index (χ0n) is 12.2. The second-order valence-corrected chi connectivity index (χ2v) is 6.70. The zero-order valence-corrected chi connectivity index (χ0v) is 13.0. The minimum absolute atomic E-state index is 0.117. The van der Waals surface area contributed by atoms with Crippen LogP contribution < -0.4 is 4.72 Å². The maximum atomic E-state index is 12.2. The van der Waals surface area contributed by atoms with Crippen LogP contribution in [0.15, 0.2) is 29.2 Å². The molecule has 6 nitrogen and oxygen atoms in total. The molecule has 21 heavy (non-hydrogen) atoms. The van der Waals surface area contributed by atoms with Crippen LogP contribution in [0.3, 0.4) is 0 Å². The van der Waals surface area contributed by atoms with Gasteiger partial charge in [-0.15, -0.1) is 0 Å². The van der Waals surface area contributed by atoms with Crippen LogP contribution in [0.1, 0.15) is 37.6 Å². The summed E-state index contributed by atoms with van der Waals surface area (Å²) in [5.74, 6) is -1.82. The predicted molar refractivity (Wildman–Crippen MR) is 77.6 cm³/mol. The van der Waals surface area contributed by atoms with E-state index in [0.29, 0.717) is 0 Å². The van der Waals surface area contributed by atoms with Crippen LogP contribution in [0.4, 0.5) is 0 Å². The SMILES string of the molecule is CCC(=O)c1cccc(S(=O)(=O)NC(C(=O)O)C(C)C)c1. The van der Waals surface area contributed by atoms with Gasteiger partial charge in [0, 0.05) is 12.0 Å². The fourth-order valence-electron chi connectivity index (χ4n) is 1.75. The monoisotopic (exact) mass is 313 g/mol. The fourth-order valence-corrected chi connectivity index (χ4v) is 3.13. The van der Waals surface area contributed by atoms with Crippen LogP contribution in [-0.2, 0) is 14.8 Å². The molecule has 0 amide bonds. The molecule has 0 aromatic heterocycles. The maximum absolute atomic E-state index is 12.2. The van der Waals surface area contributed by atoms with Crippen molar-refractivity contribution in [3.05, 3.63) is 29.8 Å². The van der Waals surface area contributed by atoms with Crippen molar-refractivity contribution >= 4 is 21.8 Å². The number of carbonyl (C=O) groups excluding carboxylic acids is 1. The molecule has 0 spiro atoms. The number of nitrogens with one attached hydrogen (secondary N) is 1. The van der Waals surface area contributed by atoms with Gasteiger partial charge < -0.3 is 5.11 Å². The summed E-state index contributed by atoms with van der Waals surface area (Å²) >= 11 is 0. The Morgan fingerprint density at radius 1 is 1.29 bits per heavy atom. The zero-order chi connectivity index (χ0) is 16.2. The molecule has 0 saturated heterocycles. The molecule has 7 heteroatoms. The Kier molecular flexibility index (Phi) is 5.62. The fraction of sp³-hybridized carbons (Fsp3) is 0.429. The highest BCUT2D eigenvalue weighted by molar-refractivity contribution is 7.89. The number of carbonyl (C=O) groups is 2. The summed E-state index contributed by atoms with van der Waals surface area (Å²) in [6.07, 6.45) is 0.265. The Morgan fingerprint density at radius 3 is 2.38 bits per heavy atom. The summed E-state index contributed by atoms with van der Waals surface area (Å²) in [5, 5.41) is 9.05. The smallest absolute Gasteiger partial charge is 0.322 e. The molecule has 0 aliphatic heterocycles. The Morgan fingerprint density at radius 2 is 1.90 bits per heavy atom. The number of aliphatic carboxylic acids is 1. The first kappa shape index (κ1) is 17.3. The van der Waals surface area contributed by atoms with E-state index in [1.165, 1.54) is 24.3 Å². The van der Waals surface area contributed by atoms with E-state index in [1.54, 1.807) is 20.8 Å². The molecule has 116 valence electrons. The largest absolute Gasteiger partial charge is 0.480 e. The number of rotatable bonds is 7. The molecule has 0 heterocycles. The normalized spacial score (nSPS) is 13.1. The Balaban J connectivity index is 3.13. The lowest BCUT2D eigenvalue weighted by atomic mass is 10.1. The number of hydrogen-bond acceptors (Lipinski definition) is 4. The Labute approximate surface area is 124 Å². The summed E-state index contributed by atoms with van der Waals surface area (Å²) < 4.78 is 26.6. The molecule has 0 aliphatic rings. The van der Waals surface area contributed by atoms with E-state index >= 15 is 0 Å². The van der Waals surface area contributed by atoms with Crippen molar-refractivity contribution in [3.63, 3.8) is 0 Å². The lowest BCUT2D eigenvalue weighted by Gasteiger charge is -2.18. The van der Waals surface area contributed by atoms with Crippen molar-refractivity contribution in [2.75, 3.05) is 0 Å². The van der Waals surface area contributed by atoms with Gasteiger partial charge in [-0.05, 0) is 18.1 Å². The average molecular weight is 313 g/mol. The molecule has 0 fully saturated rings. The van der Waals surface area contributed by atoms with E-state index in [1.807, 2.05) is 0 Å². The molecule has 2 N–H and O–H groups in total. The van der Waals surface area contributed by atoms with Crippen LogP contribution in [0.5, 0.6) is 0 Å². The van der Waals surface area contributed by atoms with Gasteiger partial charge in [-0.2, -0.15) is 4.72 Å². The lowest BCUT2D eigenvalue weighted by Crippen LogP contribution is -2.44. The summed E-state index contributed by atoms with van der Waals surface area (Å²) in [7, 11) is -4.00. The van der Waals surface area contributed by atoms with Gasteiger partial charge in [-0.3, -0.25) is 9.59 Å². The van der Waals surface area contributed by atoms with E-state index in [2.05, 4.69) is 4.72 Å². The summed E-state index contributed by atoms with van der Waals surface area (Å²) in [6, 6.07) is 4.35. The maximum Gasteiger partial charge on any atom is 0.322 e.